The average Bonchev–Trinajstić information content (AvgIpc) is 3.42. The first kappa shape index (κ1) is 25.8. The molecular formula is C24H33N7O5. The number of nitrogen functional groups attached to an aromatic ring is 1. The van der Waals surface area contributed by atoms with Gasteiger partial charge in [0, 0.05) is 19.6 Å². The van der Waals surface area contributed by atoms with Gasteiger partial charge in [0.2, 0.25) is 11.9 Å². The van der Waals surface area contributed by atoms with Crippen LogP contribution in [0.1, 0.15) is 31.2 Å². The Hall–Kier alpha value is -3.32. The smallest absolute Gasteiger partial charge is 0.226 e. The number of aliphatic hydroxyl groups excluding tert-OH is 3. The summed E-state index contributed by atoms with van der Waals surface area (Å²) in [6, 6.07) is 7.94. The molecule has 0 spiro atoms. The van der Waals surface area contributed by atoms with Gasteiger partial charge in [-0.2, -0.15) is 9.97 Å². The fraction of sp³-hybridized carbons (Fsp3) is 0.500. The van der Waals surface area contributed by atoms with Crippen molar-refractivity contribution in [3.8, 4) is 0 Å². The van der Waals surface area contributed by atoms with Gasteiger partial charge in [-0.1, -0.05) is 24.3 Å². The predicted octanol–water partition coefficient (Wildman–Crippen LogP) is 0.0855. The summed E-state index contributed by atoms with van der Waals surface area (Å²) >= 11 is 0. The van der Waals surface area contributed by atoms with E-state index in [0.29, 0.717) is 43.6 Å². The van der Waals surface area contributed by atoms with Crippen LogP contribution in [0.3, 0.4) is 0 Å². The molecule has 1 saturated heterocycles. The van der Waals surface area contributed by atoms with E-state index in [0.717, 1.165) is 11.1 Å². The number of carbonyl (C=O) groups is 1. The zero-order chi connectivity index (χ0) is 25.8. The summed E-state index contributed by atoms with van der Waals surface area (Å²) in [6.45, 7) is 5.46. The second-order valence-corrected chi connectivity index (χ2v) is 8.72. The minimum Gasteiger partial charge on any atom is -0.394 e. The van der Waals surface area contributed by atoms with Crippen LogP contribution in [-0.2, 0) is 22.4 Å². The lowest BCUT2D eigenvalue weighted by molar-refractivity contribution is -0.130. The summed E-state index contributed by atoms with van der Waals surface area (Å²) in [5, 5.41) is 33.0. The molecule has 2 aromatic heterocycles. The number of anilines is 2. The van der Waals surface area contributed by atoms with Crippen LogP contribution in [0.25, 0.3) is 11.2 Å². The lowest BCUT2D eigenvalue weighted by Crippen LogP contribution is -2.33. The van der Waals surface area contributed by atoms with E-state index in [1.165, 1.54) is 10.9 Å². The number of aliphatic hydroxyl groups is 3. The lowest BCUT2D eigenvalue weighted by Gasteiger charge is -2.18. The van der Waals surface area contributed by atoms with Crippen molar-refractivity contribution in [3.63, 3.8) is 0 Å². The average molecular weight is 500 g/mol. The van der Waals surface area contributed by atoms with Crippen molar-refractivity contribution in [2.24, 2.45) is 0 Å². The van der Waals surface area contributed by atoms with Gasteiger partial charge < -0.3 is 36.0 Å². The molecule has 1 amide bonds. The van der Waals surface area contributed by atoms with E-state index in [-0.39, 0.29) is 17.7 Å². The molecule has 1 aliphatic heterocycles. The largest absolute Gasteiger partial charge is 0.394 e. The fourth-order valence-electron chi connectivity index (χ4n) is 4.32. The van der Waals surface area contributed by atoms with Crippen LogP contribution in [0.2, 0.25) is 0 Å². The fourth-order valence-corrected chi connectivity index (χ4v) is 4.32. The minimum atomic E-state index is -1.27. The molecule has 1 fully saturated rings. The first-order valence-electron chi connectivity index (χ1n) is 12.1. The molecule has 1 aromatic carbocycles. The number of benzene rings is 1. The first-order chi connectivity index (χ1) is 17.4. The summed E-state index contributed by atoms with van der Waals surface area (Å²) in [5.74, 6) is 0.570. The van der Waals surface area contributed by atoms with Gasteiger partial charge in [-0.05, 0) is 31.4 Å². The monoisotopic (exact) mass is 499 g/mol. The normalized spacial score (nSPS) is 21.7. The summed E-state index contributed by atoms with van der Waals surface area (Å²) in [6.07, 6.45) is -1.91. The number of ether oxygens (including phenoxy) is 1. The molecule has 6 N–H and O–H groups in total. The Balaban J connectivity index is 1.40. The first-order valence-corrected chi connectivity index (χ1v) is 12.1. The van der Waals surface area contributed by atoms with Gasteiger partial charge in [-0.3, -0.25) is 9.36 Å². The number of hydrogen-bond acceptors (Lipinski definition) is 10. The second kappa shape index (κ2) is 11.2. The molecule has 12 heteroatoms. The van der Waals surface area contributed by atoms with E-state index in [4.69, 9.17) is 10.5 Å². The third kappa shape index (κ3) is 5.26. The summed E-state index contributed by atoms with van der Waals surface area (Å²) < 4.78 is 7.07. The van der Waals surface area contributed by atoms with Crippen LogP contribution in [0.5, 0.6) is 0 Å². The zero-order valence-corrected chi connectivity index (χ0v) is 20.4. The molecule has 4 atom stereocenters. The number of nitrogens with zero attached hydrogens (tertiary/aromatic N) is 5. The van der Waals surface area contributed by atoms with E-state index >= 15 is 0 Å². The third-order valence-electron chi connectivity index (χ3n) is 6.43. The Kier molecular flexibility index (Phi) is 7.99. The molecule has 2 unspecified atom stereocenters. The van der Waals surface area contributed by atoms with Crippen molar-refractivity contribution in [3.05, 3.63) is 41.7 Å². The van der Waals surface area contributed by atoms with Gasteiger partial charge in [-0.25, -0.2) is 4.98 Å². The van der Waals surface area contributed by atoms with Crippen molar-refractivity contribution < 1.29 is 24.9 Å². The van der Waals surface area contributed by atoms with Crippen LogP contribution in [0, 0.1) is 0 Å². The van der Waals surface area contributed by atoms with Gasteiger partial charge in [-0.15, -0.1) is 0 Å². The van der Waals surface area contributed by atoms with Crippen molar-refractivity contribution in [2.75, 3.05) is 37.3 Å². The number of hydrogen-bond donors (Lipinski definition) is 5. The zero-order valence-electron chi connectivity index (χ0n) is 20.4. The van der Waals surface area contributed by atoms with Crippen LogP contribution in [0.4, 0.5) is 11.8 Å². The number of carbonyl (C=O) groups excluding carboxylic acids is 1. The Morgan fingerprint density at radius 2 is 1.83 bits per heavy atom. The molecule has 4 rings (SSSR count). The van der Waals surface area contributed by atoms with Crippen LogP contribution < -0.4 is 11.1 Å². The number of likely N-dealkylation sites (N-methyl/N-ethyl adjacent to an activating group) is 1. The summed E-state index contributed by atoms with van der Waals surface area (Å²) in [7, 11) is 0. The Labute approximate surface area is 208 Å². The van der Waals surface area contributed by atoms with Crippen molar-refractivity contribution in [2.45, 2.75) is 51.2 Å². The minimum absolute atomic E-state index is 0.121. The molecular weight excluding hydrogens is 466 g/mol. The van der Waals surface area contributed by atoms with Gasteiger partial charge in [0.1, 0.15) is 23.8 Å². The number of rotatable bonds is 10. The van der Waals surface area contributed by atoms with Gasteiger partial charge in [0.15, 0.2) is 17.7 Å². The molecule has 194 valence electrons. The van der Waals surface area contributed by atoms with E-state index in [9.17, 15) is 20.1 Å². The maximum atomic E-state index is 12.3. The summed E-state index contributed by atoms with van der Waals surface area (Å²) in [4.78, 5) is 27.1. The van der Waals surface area contributed by atoms with E-state index in [1.807, 2.05) is 43.0 Å². The predicted molar refractivity (Wildman–Crippen MR) is 133 cm³/mol. The SMILES string of the molecule is CCN(CC)C(=O)Cc1ccc(CCNc2nc(N)c3ncn([C@@H]4O[C@H](CO)C(O)C4O)c3n2)cc1. The Bertz CT molecular complexity index is 1180. The van der Waals surface area contributed by atoms with E-state index < -0.39 is 31.1 Å². The van der Waals surface area contributed by atoms with Crippen LogP contribution in [-0.4, -0.2) is 90.2 Å². The highest BCUT2D eigenvalue weighted by molar-refractivity contribution is 5.83. The number of nitrogens with two attached hydrogens (primary N) is 1. The number of imidazole rings is 1. The Morgan fingerprint density at radius 3 is 2.47 bits per heavy atom. The van der Waals surface area contributed by atoms with E-state index in [1.54, 1.807) is 0 Å². The lowest BCUT2D eigenvalue weighted by atomic mass is 10.1. The Morgan fingerprint density at radius 1 is 1.14 bits per heavy atom. The molecule has 0 bridgehead atoms. The third-order valence-corrected chi connectivity index (χ3v) is 6.43. The topological polar surface area (TPSA) is 172 Å². The van der Waals surface area contributed by atoms with Crippen LogP contribution in [0.15, 0.2) is 30.6 Å². The van der Waals surface area contributed by atoms with Gasteiger partial charge in [0.05, 0.1) is 19.4 Å². The highest BCUT2D eigenvalue weighted by Gasteiger charge is 2.44. The van der Waals surface area contributed by atoms with Gasteiger partial charge >= 0.3 is 0 Å². The van der Waals surface area contributed by atoms with Crippen molar-refractivity contribution >= 4 is 28.8 Å². The number of amides is 1. The number of aromatic nitrogens is 4. The molecule has 36 heavy (non-hydrogen) atoms. The van der Waals surface area contributed by atoms with E-state index in [2.05, 4.69) is 20.3 Å². The maximum Gasteiger partial charge on any atom is 0.226 e. The molecule has 12 nitrogen and oxygen atoms in total. The quantitative estimate of drug-likeness (QED) is 0.257. The summed E-state index contributed by atoms with van der Waals surface area (Å²) in [5.41, 5.74) is 8.82. The van der Waals surface area contributed by atoms with Gasteiger partial charge in [0.25, 0.3) is 0 Å². The molecule has 1 aliphatic rings. The highest BCUT2D eigenvalue weighted by atomic mass is 16.6. The number of fused-ring (bicyclic) bond motifs is 1. The molecule has 3 heterocycles. The molecule has 0 aliphatic carbocycles. The van der Waals surface area contributed by atoms with Crippen molar-refractivity contribution in [1.82, 2.24) is 24.4 Å². The van der Waals surface area contributed by atoms with Crippen molar-refractivity contribution in [1.29, 1.82) is 0 Å². The highest BCUT2D eigenvalue weighted by Crippen LogP contribution is 2.32. The number of nitrogens with one attached hydrogen (secondary N) is 1. The van der Waals surface area contributed by atoms with Crippen LogP contribution >= 0.6 is 0 Å². The molecule has 3 aromatic rings. The molecule has 0 radical (unpaired) electrons. The second-order valence-electron chi connectivity index (χ2n) is 8.72. The molecule has 0 saturated carbocycles. The standard InChI is InChI=1S/C24H33N7O5/c1-3-30(4-2)17(33)11-15-7-5-14(6-8-15)9-10-26-24-28-21(25)18-22(29-24)31(13-27-18)23-20(35)19(34)16(12-32)36-23/h5-8,13,16,19-20,23,32,34-35H,3-4,9-12H2,1-2H3,(H3,25,26,28,29)/t16-,19?,20?,23-/m1/s1. The maximum absolute atomic E-state index is 12.3.